The summed E-state index contributed by atoms with van der Waals surface area (Å²) in [5, 5.41) is 20.8. The zero-order valence-corrected chi connectivity index (χ0v) is 15.7. The van der Waals surface area contributed by atoms with Crippen molar-refractivity contribution in [3.63, 3.8) is 0 Å². The van der Waals surface area contributed by atoms with Crippen LogP contribution >= 0.6 is 0 Å². The second-order valence-corrected chi connectivity index (χ2v) is 7.10. The molecular weight excluding hydrogens is 322 g/mol. The van der Waals surface area contributed by atoms with Crippen molar-refractivity contribution >= 4 is 5.69 Å². The summed E-state index contributed by atoms with van der Waals surface area (Å²) in [6.45, 7) is 7.79. The molecule has 0 aliphatic carbocycles. The van der Waals surface area contributed by atoms with E-state index in [0.717, 1.165) is 38.9 Å². The van der Waals surface area contributed by atoms with Crippen molar-refractivity contribution in [1.29, 1.82) is 0 Å². The number of phenols is 2. The van der Waals surface area contributed by atoms with Crippen LogP contribution in [-0.2, 0) is 0 Å². The number of phenolic OH excluding ortho intramolecular Hbond substituents is 2. The SMILES string of the molecule is Cc1cc(O)c(C)c(C(c2cccc(N)c2)c2cc(C)cc(O)c2C)c1. The van der Waals surface area contributed by atoms with E-state index < -0.39 is 0 Å². The molecule has 3 aromatic carbocycles. The van der Waals surface area contributed by atoms with Crippen LogP contribution in [0.2, 0.25) is 0 Å². The third-order valence-corrected chi connectivity index (χ3v) is 5.00. The van der Waals surface area contributed by atoms with E-state index in [2.05, 4.69) is 12.1 Å². The van der Waals surface area contributed by atoms with E-state index in [0.29, 0.717) is 5.69 Å². The van der Waals surface area contributed by atoms with Crippen LogP contribution in [0.25, 0.3) is 0 Å². The first-order valence-electron chi connectivity index (χ1n) is 8.73. The molecule has 3 nitrogen and oxygen atoms in total. The number of rotatable bonds is 3. The number of hydrogen-bond donors (Lipinski definition) is 3. The molecule has 0 aliphatic rings. The zero-order valence-electron chi connectivity index (χ0n) is 15.7. The summed E-state index contributed by atoms with van der Waals surface area (Å²) in [5.74, 6) is 0.432. The molecule has 0 heterocycles. The topological polar surface area (TPSA) is 66.5 Å². The summed E-state index contributed by atoms with van der Waals surface area (Å²) in [7, 11) is 0. The highest BCUT2D eigenvalue weighted by atomic mass is 16.3. The first kappa shape index (κ1) is 17.9. The first-order chi connectivity index (χ1) is 12.3. The van der Waals surface area contributed by atoms with Crippen molar-refractivity contribution in [3.8, 4) is 11.5 Å². The van der Waals surface area contributed by atoms with Gasteiger partial charge in [0, 0.05) is 11.6 Å². The minimum absolute atomic E-state index is 0.130. The average molecular weight is 347 g/mol. The highest BCUT2D eigenvalue weighted by Gasteiger charge is 2.23. The van der Waals surface area contributed by atoms with Crippen molar-refractivity contribution in [2.75, 3.05) is 5.73 Å². The Balaban J connectivity index is 2.36. The lowest BCUT2D eigenvalue weighted by atomic mass is 9.79. The van der Waals surface area contributed by atoms with Crippen LogP contribution in [0.4, 0.5) is 5.69 Å². The molecule has 0 bridgehead atoms. The van der Waals surface area contributed by atoms with Gasteiger partial charge in [-0.2, -0.15) is 0 Å². The van der Waals surface area contributed by atoms with Crippen molar-refractivity contribution in [1.82, 2.24) is 0 Å². The van der Waals surface area contributed by atoms with Crippen LogP contribution in [-0.4, -0.2) is 10.2 Å². The fourth-order valence-electron chi connectivity index (χ4n) is 3.60. The fourth-order valence-corrected chi connectivity index (χ4v) is 3.60. The Kier molecular flexibility index (Phi) is 4.64. The third kappa shape index (κ3) is 3.25. The molecule has 3 aromatic rings. The average Bonchev–Trinajstić information content (AvgIpc) is 2.56. The Morgan fingerprint density at radius 2 is 1.23 bits per heavy atom. The van der Waals surface area contributed by atoms with Gasteiger partial charge in [-0.15, -0.1) is 0 Å². The summed E-state index contributed by atoms with van der Waals surface area (Å²) >= 11 is 0. The smallest absolute Gasteiger partial charge is 0.119 e. The first-order valence-corrected chi connectivity index (χ1v) is 8.73. The van der Waals surface area contributed by atoms with E-state index in [9.17, 15) is 10.2 Å². The van der Waals surface area contributed by atoms with Gasteiger partial charge in [-0.3, -0.25) is 0 Å². The van der Waals surface area contributed by atoms with E-state index in [4.69, 9.17) is 5.73 Å². The molecule has 0 saturated carbocycles. The van der Waals surface area contributed by atoms with Gasteiger partial charge in [0.25, 0.3) is 0 Å². The maximum atomic E-state index is 10.4. The summed E-state index contributed by atoms with van der Waals surface area (Å²) in [5.41, 5.74) is 13.5. The molecule has 0 spiro atoms. The van der Waals surface area contributed by atoms with Gasteiger partial charge in [-0.25, -0.2) is 0 Å². The Morgan fingerprint density at radius 3 is 1.69 bits per heavy atom. The lowest BCUT2D eigenvalue weighted by Crippen LogP contribution is -2.09. The van der Waals surface area contributed by atoms with Crippen LogP contribution in [0.15, 0.2) is 48.5 Å². The normalized spacial score (nSPS) is 11.1. The van der Waals surface area contributed by atoms with Gasteiger partial charge in [0.15, 0.2) is 0 Å². The Labute approximate surface area is 154 Å². The summed E-state index contributed by atoms with van der Waals surface area (Å²) in [6, 6.07) is 15.5. The molecular formula is C23H25NO2. The van der Waals surface area contributed by atoms with E-state index in [1.54, 1.807) is 12.1 Å². The monoisotopic (exact) mass is 347 g/mol. The molecule has 0 fully saturated rings. The predicted octanol–water partition coefficient (Wildman–Crippen LogP) is 5.09. The lowest BCUT2D eigenvalue weighted by molar-refractivity contribution is 0.468. The summed E-state index contributed by atoms with van der Waals surface area (Å²) in [6.07, 6.45) is 0. The number of anilines is 1. The molecule has 134 valence electrons. The molecule has 0 unspecified atom stereocenters. The van der Waals surface area contributed by atoms with Crippen LogP contribution in [0.5, 0.6) is 11.5 Å². The largest absolute Gasteiger partial charge is 0.508 e. The van der Waals surface area contributed by atoms with Gasteiger partial charge in [-0.05, 0) is 90.9 Å². The third-order valence-electron chi connectivity index (χ3n) is 5.00. The second-order valence-electron chi connectivity index (χ2n) is 7.10. The van der Waals surface area contributed by atoms with Gasteiger partial charge >= 0.3 is 0 Å². The molecule has 0 amide bonds. The van der Waals surface area contributed by atoms with Gasteiger partial charge in [0.05, 0.1) is 0 Å². The minimum Gasteiger partial charge on any atom is -0.508 e. The Morgan fingerprint density at radius 1 is 0.731 bits per heavy atom. The highest BCUT2D eigenvalue weighted by molar-refractivity contribution is 5.57. The molecule has 4 N–H and O–H groups in total. The molecule has 0 saturated heterocycles. The number of benzene rings is 3. The standard InChI is InChI=1S/C23H25NO2/c1-13-8-19(15(3)21(25)10-13)23(17-6-5-7-18(24)12-17)20-9-14(2)11-22(26)16(20)4/h5-12,23,25-26H,24H2,1-4H3. The fraction of sp³-hybridized carbons (Fsp3) is 0.217. The lowest BCUT2D eigenvalue weighted by Gasteiger charge is -2.25. The zero-order chi connectivity index (χ0) is 19.0. The number of aryl methyl sites for hydroxylation is 2. The van der Waals surface area contributed by atoms with E-state index in [-0.39, 0.29) is 17.4 Å². The number of nitrogens with two attached hydrogens (primary N) is 1. The summed E-state index contributed by atoms with van der Waals surface area (Å²) < 4.78 is 0. The van der Waals surface area contributed by atoms with E-state index in [1.807, 2.05) is 52.0 Å². The molecule has 0 atom stereocenters. The van der Waals surface area contributed by atoms with Crippen LogP contribution in [0, 0.1) is 27.7 Å². The number of hydrogen-bond acceptors (Lipinski definition) is 3. The Hall–Kier alpha value is -2.94. The van der Waals surface area contributed by atoms with Crippen molar-refractivity contribution in [2.24, 2.45) is 0 Å². The van der Waals surface area contributed by atoms with Gasteiger partial charge in [-0.1, -0.05) is 24.3 Å². The minimum atomic E-state index is -0.130. The maximum absolute atomic E-state index is 10.4. The van der Waals surface area contributed by atoms with Crippen LogP contribution in [0.1, 0.15) is 44.9 Å². The number of nitrogen functional groups attached to an aromatic ring is 1. The van der Waals surface area contributed by atoms with Crippen LogP contribution < -0.4 is 5.73 Å². The molecule has 26 heavy (non-hydrogen) atoms. The van der Waals surface area contributed by atoms with E-state index >= 15 is 0 Å². The van der Waals surface area contributed by atoms with E-state index in [1.165, 1.54) is 0 Å². The molecule has 0 radical (unpaired) electrons. The molecule has 3 heteroatoms. The Bertz CT molecular complexity index is 919. The highest BCUT2D eigenvalue weighted by Crippen LogP contribution is 2.41. The molecule has 0 aliphatic heterocycles. The van der Waals surface area contributed by atoms with Crippen LogP contribution in [0.3, 0.4) is 0 Å². The quantitative estimate of drug-likeness (QED) is 0.456. The van der Waals surface area contributed by atoms with Gasteiger partial charge < -0.3 is 15.9 Å². The van der Waals surface area contributed by atoms with Crippen molar-refractivity contribution < 1.29 is 10.2 Å². The maximum Gasteiger partial charge on any atom is 0.119 e. The predicted molar refractivity (Wildman–Crippen MR) is 107 cm³/mol. The number of aromatic hydroxyl groups is 2. The second kappa shape index (κ2) is 6.75. The van der Waals surface area contributed by atoms with Crippen molar-refractivity contribution in [3.05, 3.63) is 87.5 Å². The van der Waals surface area contributed by atoms with Gasteiger partial charge in [0.1, 0.15) is 11.5 Å². The van der Waals surface area contributed by atoms with Crippen molar-refractivity contribution in [2.45, 2.75) is 33.6 Å². The van der Waals surface area contributed by atoms with Gasteiger partial charge in [0.2, 0.25) is 0 Å². The molecule has 3 rings (SSSR count). The summed E-state index contributed by atoms with van der Waals surface area (Å²) in [4.78, 5) is 0. The molecule has 0 aromatic heterocycles.